The Bertz CT molecular complexity index is 816. The summed E-state index contributed by atoms with van der Waals surface area (Å²) in [7, 11) is 0. The van der Waals surface area contributed by atoms with Gasteiger partial charge in [0.05, 0.1) is 17.7 Å². The largest absolute Gasteiger partial charge is 0.325 e. The number of halogens is 1. The second-order valence-electron chi connectivity index (χ2n) is 6.72. The Morgan fingerprint density at radius 2 is 1.69 bits per heavy atom. The predicted molar refractivity (Wildman–Crippen MR) is 100 cm³/mol. The van der Waals surface area contributed by atoms with Crippen LogP contribution in [0.1, 0.15) is 51.6 Å². The van der Waals surface area contributed by atoms with Crippen LogP contribution in [0.2, 0.25) is 5.02 Å². The summed E-state index contributed by atoms with van der Waals surface area (Å²) in [6.45, 7) is 4.24. The zero-order valence-electron chi connectivity index (χ0n) is 14.7. The molecule has 1 aliphatic rings. The van der Waals surface area contributed by atoms with Gasteiger partial charge in [0.2, 0.25) is 0 Å². The first-order valence-electron chi connectivity index (χ1n) is 8.53. The molecule has 0 bridgehead atoms. The van der Waals surface area contributed by atoms with Gasteiger partial charge in [-0.15, -0.1) is 5.06 Å². The molecular formula is C20H21ClN2O3. The Morgan fingerprint density at radius 3 is 2.23 bits per heavy atom. The van der Waals surface area contributed by atoms with Gasteiger partial charge in [-0.2, -0.15) is 0 Å². The minimum absolute atomic E-state index is 0.0354. The molecule has 3 rings (SSSR count). The number of nitrogens with zero attached hydrogens (tertiary/aromatic N) is 1. The SMILES string of the molecule is CC(C)c1ccc(CC(N)CON2C(=O)c3ccccc3C2=O)c(Cl)c1. The molecule has 0 radical (unpaired) electrons. The summed E-state index contributed by atoms with van der Waals surface area (Å²) in [5.41, 5.74) is 8.88. The Kier molecular flexibility index (Phi) is 5.41. The molecule has 0 saturated heterocycles. The lowest BCUT2D eigenvalue weighted by atomic mass is 9.99. The number of benzene rings is 2. The van der Waals surface area contributed by atoms with Gasteiger partial charge in [-0.25, -0.2) is 0 Å². The maximum Gasteiger partial charge on any atom is 0.285 e. The van der Waals surface area contributed by atoms with E-state index >= 15 is 0 Å². The fourth-order valence-electron chi connectivity index (χ4n) is 2.88. The Hall–Kier alpha value is -2.21. The molecule has 0 spiro atoms. The van der Waals surface area contributed by atoms with Crippen molar-refractivity contribution in [3.05, 3.63) is 69.7 Å². The highest BCUT2D eigenvalue weighted by Crippen LogP contribution is 2.25. The number of carbonyl (C=O) groups is 2. The molecule has 6 heteroatoms. The highest BCUT2D eigenvalue weighted by Gasteiger charge is 2.36. The first-order valence-corrected chi connectivity index (χ1v) is 8.91. The molecule has 2 aromatic carbocycles. The topological polar surface area (TPSA) is 72.6 Å². The average Bonchev–Trinajstić information content (AvgIpc) is 2.86. The first kappa shape index (κ1) is 18.6. The van der Waals surface area contributed by atoms with Crippen molar-refractivity contribution < 1.29 is 14.4 Å². The Balaban J connectivity index is 1.61. The van der Waals surface area contributed by atoms with Crippen LogP contribution in [0.4, 0.5) is 0 Å². The van der Waals surface area contributed by atoms with Gasteiger partial charge in [-0.3, -0.25) is 14.4 Å². The second-order valence-corrected chi connectivity index (χ2v) is 7.12. The quantitative estimate of drug-likeness (QED) is 0.787. The summed E-state index contributed by atoms with van der Waals surface area (Å²) >= 11 is 6.34. The van der Waals surface area contributed by atoms with Crippen LogP contribution in [-0.2, 0) is 11.3 Å². The molecule has 0 saturated carbocycles. The summed E-state index contributed by atoms with van der Waals surface area (Å²) in [6, 6.07) is 12.2. The van der Waals surface area contributed by atoms with Crippen LogP contribution in [0.25, 0.3) is 0 Å². The highest BCUT2D eigenvalue weighted by molar-refractivity contribution is 6.31. The van der Waals surface area contributed by atoms with E-state index in [0.29, 0.717) is 28.5 Å². The standard InChI is InChI=1S/C20H21ClN2O3/c1-12(2)13-7-8-14(18(21)10-13)9-15(22)11-26-23-19(24)16-5-3-4-6-17(16)20(23)25/h3-8,10,12,15H,9,11,22H2,1-2H3. The number of rotatable bonds is 6. The average molecular weight is 373 g/mol. The van der Waals surface area contributed by atoms with E-state index in [-0.39, 0.29) is 6.61 Å². The predicted octanol–water partition coefficient (Wildman–Crippen LogP) is 3.56. The highest BCUT2D eigenvalue weighted by atomic mass is 35.5. The number of imide groups is 1. The van der Waals surface area contributed by atoms with Crippen molar-refractivity contribution in [2.45, 2.75) is 32.2 Å². The smallest absolute Gasteiger partial charge is 0.285 e. The van der Waals surface area contributed by atoms with E-state index in [1.165, 1.54) is 0 Å². The van der Waals surface area contributed by atoms with Crippen LogP contribution < -0.4 is 5.73 Å². The third-order valence-corrected chi connectivity index (χ3v) is 4.75. The van der Waals surface area contributed by atoms with Gasteiger partial charge in [0.1, 0.15) is 0 Å². The Morgan fingerprint density at radius 1 is 1.08 bits per heavy atom. The Labute approximate surface area is 157 Å². The number of fused-ring (bicyclic) bond motifs is 1. The van der Waals surface area contributed by atoms with Crippen LogP contribution in [0.5, 0.6) is 0 Å². The van der Waals surface area contributed by atoms with Crippen LogP contribution in [0.15, 0.2) is 42.5 Å². The van der Waals surface area contributed by atoms with E-state index in [1.807, 2.05) is 18.2 Å². The van der Waals surface area contributed by atoms with Gasteiger partial charge < -0.3 is 5.73 Å². The molecule has 26 heavy (non-hydrogen) atoms. The molecular weight excluding hydrogens is 352 g/mol. The van der Waals surface area contributed by atoms with E-state index in [0.717, 1.165) is 16.2 Å². The number of nitrogens with two attached hydrogens (primary N) is 1. The fraction of sp³-hybridized carbons (Fsp3) is 0.300. The minimum atomic E-state index is -0.461. The van der Waals surface area contributed by atoms with Crippen molar-refractivity contribution >= 4 is 23.4 Å². The van der Waals surface area contributed by atoms with E-state index in [1.54, 1.807) is 24.3 Å². The normalized spacial score (nSPS) is 14.9. The molecule has 5 nitrogen and oxygen atoms in total. The molecule has 2 aromatic rings. The van der Waals surface area contributed by atoms with E-state index in [2.05, 4.69) is 13.8 Å². The monoisotopic (exact) mass is 372 g/mol. The molecule has 0 aliphatic carbocycles. The van der Waals surface area contributed by atoms with Crippen molar-refractivity contribution in [3.8, 4) is 0 Å². The van der Waals surface area contributed by atoms with Gasteiger partial charge in [-0.05, 0) is 41.7 Å². The maximum atomic E-state index is 12.3. The zero-order chi connectivity index (χ0) is 18.8. The first-order chi connectivity index (χ1) is 12.4. The van der Waals surface area contributed by atoms with Crippen LogP contribution in [0, 0.1) is 0 Å². The molecule has 1 unspecified atom stereocenters. The third-order valence-electron chi connectivity index (χ3n) is 4.40. The lowest BCUT2D eigenvalue weighted by Crippen LogP contribution is -2.37. The molecule has 0 aromatic heterocycles. The van der Waals surface area contributed by atoms with Crippen molar-refractivity contribution in [3.63, 3.8) is 0 Å². The van der Waals surface area contributed by atoms with Crippen molar-refractivity contribution in [2.75, 3.05) is 6.61 Å². The van der Waals surface area contributed by atoms with Crippen molar-refractivity contribution in [2.24, 2.45) is 5.73 Å². The lowest BCUT2D eigenvalue weighted by Gasteiger charge is -2.18. The van der Waals surface area contributed by atoms with E-state index < -0.39 is 17.9 Å². The molecule has 1 heterocycles. The molecule has 1 atom stereocenters. The molecule has 2 N–H and O–H groups in total. The molecule has 0 fully saturated rings. The summed E-state index contributed by atoms with van der Waals surface area (Å²) in [6.07, 6.45) is 0.486. The third kappa shape index (κ3) is 3.65. The van der Waals surface area contributed by atoms with E-state index in [4.69, 9.17) is 22.2 Å². The number of amides is 2. The van der Waals surface area contributed by atoms with Gasteiger partial charge in [0, 0.05) is 11.1 Å². The summed E-state index contributed by atoms with van der Waals surface area (Å²) in [5, 5.41) is 1.45. The van der Waals surface area contributed by atoms with Crippen molar-refractivity contribution in [1.29, 1.82) is 0 Å². The zero-order valence-corrected chi connectivity index (χ0v) is 15.5. The lowest BCUT2D eigenvalue weighted by molar-refractivity contribution is -0.0951. The minimum Gasteiger partial charge on any atom is -0.325 e. The number of hydrogen-bond donors (Lipinski definition) is 1. The molecule has 2 amide bonds. The van der Waals surface area contributed by atoms with Crippen molar-refractivity contribution in [1.82, 2.24) is 5.06 Å². The number of hydroxylamine groups is 2. The number of carbonyl (C=O) groups excluding carboxylic acids is 2. The second kappa shape index (κ2) is 7.58. The number of hydrogen-bond acceptors (Lipinski definition) is 4. The maximum absolute atomic E-state index is 12.3. The summed E-state index contributed by atoms with van der Waals surface area (Å²) in [4.78, 5) is 29.9. The van der Waals surface area contributed by atoms with Crippen LogP contribution >= 0.6 is 11.6 Å². The van der Waals surface area contributed by atoms with Gasteiger partial charge in [0.15, 0.2) is 0 Å². The van der Waals surface area contributed by atoms with Gasteiger partial charge in [0.25, 0.3) is 11.8 Å². The molecule has 1 aliphatic heterocycles. The summed E-state index contributed by atoms with van der Waals surface area (Å²) in [5.74, 6) is -0.526. The summed E-state index contributed by atoms with van der Waals surface area (Å²) < 4.78 is 0. The molecule has 136 valence electrons. The fourth-order valence-corrected chi connectivity index (χ4v) is 3.15. The van der Waals surface area contributed by atoms with Crippen LogP contribution in [0.3, 0.4) is 0 Å². The van der Waals surface area contributed by atoms with Gasteiger partial charge in [-0.1, -0.05) is 49.7 Å². The van der Waals surface area contributed by atoms with Crippen LogP contribution in [-0.4, -0.2) is 29.5 Å². The van der Waals surface area contributed by atoms with E-state index in [9.17, 15) is 9.59 Å². The van der Waals surface area contributed by atoms with Gasteiger partial charge >= 0.3 is 0 Å².